The van der Waals surface area contributed by atoms with Crippen LogP contribution in [0.4, 0.5) is 9.18 Å². The number of hydrogen-bond donors (Lipinski definition) is 2. The minimum atomic E-state index is -1.12. The second kappa shape index (κ2) is 6.49. The van der Waals surface area contributed by atoms with E-state index in [0.717, 1.165) is 40.4 Å². The molecule has 0 spiro atoms. The van der Waals surface area contributed by atoms with Gasteiger partial charge in [-0.25, -0.2) is 4.79 Å². The third kappa shape index (κ3) is 2.98. The minimum absolute atomic E-state index is 0.287. The van der Waals surface area contributed by atoms with Gasteiger partial charge in [0.15, 0.2) is 0 Å². The van der Waals surface area contributed by atoms with Crippen LogP contribution in [-0.4, -0.2) is 21.8 Å². The average Bonchev–Trinajstić information content (AvgIpc) is 3.43. The van der Waals surface area contributed by atoms with E-state index in [1.807, 2.05) is 36.4 Å². The fourth-order valence-electron chi connectivity index (χ4n) is 3.27. The van der Waals surface area contributed by atoms with Crippen molar-refractivity contribution >= 4 is 12.0 Å². The maximum atomic E-state index is 13.7. The first kappa shape index (κ1) is 17.7. The molecular weight excluding hydrogens is 363 g/mol. The smallest absolute Gasteiger partial charge is 0.388 e. The van der Waals surface area contributed by atoms with Gasteiger partial charge in [0.1, 0.15) is 0 Å². The Morgan fingerprint density at radius 2 is 1.57 bits per heavy atom. The van der Waals surface area contributed by atoms with Gasteiger partial charge in [-0.15, -0.1) is 0 Å². The van der Waals surface area contributed by atoms with Gasteiger partial charge in [0.25, 0.3) is 5.88 Å². The summed E-state index contributed by atoms with van der Waals surface area (Å²) in [5, 5.41) is 3.87. The Kier molecular flexibility index (Phi) is 4.11. The Hall–Kier alpha value is -3.68. The third-order valence-corrected chi connectivity index (χ3v) is 4.98. The molecule has 0 atom stereocenters. The van der Waals surface area contributed by atoms with Crippen molar-refractivity contribution in [2.75, 3.05) is 0 Å². The van der Waals surface area contributed by atoms with Crippen LogP contribution >= 0.6 is 0 Å². The van der Waals surface area contributed by atoms with E-state index in [1.165, 1.54) is 0 Å². The van der Waals surface area contributed by atoms with Crippen LogP contribution in [0.1, 0.15) is 18.4 Å². The number of amides is 2. The molecule has 28 heavy (non-hydrogen) atoms. The topological polar surface area (TPSA) is 113 Å². The van der Waals surface area contributed by atoms with Crippen molar-refractivity contribution in [3.05, 3.63) is 66.1 Å². The number of carbonyl (C=O) groups excluding carboxylic acids is 2. The zero-order chi connectivity index (χ0) is 19.9. The monoisotopic (exact) mass is 380 g/mol. The lowest BCUT2D eigenvalue weighted by Gasteiger charge is -2.12. The summed E-state index contributed by atoms with van der Waals surface area (Å²) in [7, 11) is 0. The van der Waals surface area contributed by atoms with Gasteiger partial charge in [0.05, 0.1) is 17.3 Å². The largest absolute Gasteiger partial charge is 0.411 e. The lowest BCUT2D eigenvalue weighted by molar-refractivity contribution is -0.120. The highest BCUT2D eigenvalue weighted by atomic mass is 19.1. The van der Waals surface area contributed by atoms with Crippen LogP contribution in [0.15, 0.2) is 54.7 Å². The summed E-state index contributed by atoms with van der Waals surface area (Å²) in [5.41, 5.74) is 13.3. The van der Waals surface area contributed by atoms with Crippen LogP contribution in [0.25, 0.3) is 16.8 Å². The summed E-state index contributed by atoms with van der Waals surface area (Å²) in [4.78, 5) is 22.6. The zero-order valence-corrected chi connectivity index (χ0v) is 14.8. The third-order valence-electron chi connectivity index (χ3n) is 4.98. The molecule has 1 aromatic heterocycles. The molecule has 3 aromatic rings. The predicted octanol–water partition coefficient (Wildman–Crippen LogP) is 2.65. The van der Waals surface area contributed by atoms with Gasteiger partial charge in [0, 0.05) is 0 Å². The van der Waals surface area contributed by atoms with Gasteiger partial charge < -0.3 is 16.2 Å². The Morgan fingerprint density at radius 1 is 1.00 bits per heavy atom. The summed E-state index contributed by atoms with van der Waals surface area (Å²) < 4.78 is 19.6. The van der Waals surface area contributed by atoms with Crippen LogP contribution in [0.2, 0.25) is 0 Å². The number of carbonyl (C=O) groups is 2. The maximum Gasteiger partial charge on any atom is 0.411 e. The van der Waals surface area contributed by atoms with E-state index in [4.69, 9.17) is 11.5 Å². The Bertz CT molecular complexity index is 1050. The number of rotatable bonds is 5. The Labute approximate surface area is 159 Å². The van der Waals surface area contributed by atoms with Gasteiger partial charge in [-0.05, 0) is 41.7 Å². The SMILES string of the molecule is NC(=O)Oc1c(F)cnn1-c1ccc(-c2ccc(C3(C(N)=O)CC3)cc2)cc1. The highest BCUT2D eigenvalue weighted by Gasteiger charge is 2.49. The molecule has 1 saturated carbocycles. The van der Waals surface area contributed by atoms with Gasteiger partial charge in [0.2, 0.25) is 11.7 Å². The molecule has 1 fully saturated rings. The van der Waals surface area contributed by atoms with E-state index in [-0.39, 0.29) is 11.8 Å². The molecule has 1 aliphatic rings. The molecule has 0 radical (unpaired) electrons. The number of ether oxygens (including phenoxy) is 1. The standard InChI is InChI=1S/C20H17FN4O3/c21-16-11-24-25(17(16)28-19(23)27)15-7-3-13(4-8-15)12-1-5-14(6-2-12)20(9-10-20)18(22)26/h1-8,11H,9-10H2,(H2,22,26)(H2,23,27). The minimum Gasteiger partial charge on any atom is -0.388 e. The van der Waals surface area contributed by atoms with Crippen molar-refractivity contribution < 1.29 is 18.7 Å². The molecule has 0 bridgehead atoms. The number of nitrogens with two attached hydrogens (primary N) is 2. The highest BCUT2D eigenvalue weighted by Crippen LogP contribution is 2.48. The first-order valence-electron chi connectivity index (χ1n) is 8.63. The van der Waals surface area contributed by atoms with Crippen molar-refractivity contribution in [2.45, 2.75) is 18.3 Å². The zero-order valence-electron chi connectivity index (χ0n) is 14.8. The summed E-state index contributed by atoms with van der Waals surface area (Å²) in [6.07, 6.45) is 1.39. The van der Waals surface area contributed by atoms with E-state index in [0.29, 0.717) is 5.69 Å². The van der Waals surface area contributed by atoms with Gasteiger partial charge in [-0.2, -0.15) is 14.2 Å². The molecule has 7 nitrogen and oxygen atoms in total. The van der Waals surface area contributed by atoms with Crippen molar-refractivity contribution in [2.24, 2.45) is 11.5 Å². The average molecular weight is 380 g/mol. The van der Waals surface area contributed by atoms with Gasteiger partial charge >= 0.3 is 6.09 Å². The number of halogens is 1. The van der Waals surface area contributed by atoms with E-state index >= 15 is 0 Å². The first-order chi connectivity index (χ1) is 13.4. The molecule has 2 aromatic carbocycles. The second-order valence-corrected chi connectivity index (χ2v) is 6.70. The fourth-order valence-corrected chi connectivity index (χ4v) is 3.27. The van der Waals surface area contributed by atoms with Crippen molar-refractivity contribution in [3.8, 4) is 22.7 Å². The molecule has 0 saturated heterocycles. The highest BCUT2D eigenvalue weighted by molar-refractivity contribution is 5.90. The number of nitrogens with zero attached hydrogens (tertiary/aromatic N) is 2. The molecule has 0 unspecified atom stereocenters. The van der Waals surface area contributed by atoms with Crippen LogP contribution in [0.5, 0.6) is 5.88 Å². The molecule has 1 heterocycles. The number of hydrogen-bond acceptors (Lipinski definition) is 4. The van der Waals surface area contributed by atoms with Crippen molar-refractivity contribution in [1.29, 1.82) is 0 Å². The van der Waals surface area contributed by atoms with Crippen LogP contribution in [0, 0.1) is 5.82 Å². The quantitative estimate of drug-likeness (QED) is 0.708. The lowest BCUT2D eigenvalue weighted by Crippen LogP contribution is -2.28. The summed E-state index contributed by atoms with van der Waals surface area (Å²) >= 11 is 0. The van der Waals surface area contributed by atoms with Crippen LogP contribution in [-0.2, 0) is 10.2 Å². The molecule has 4 N–H and O–H groups in total. The first-order valence-corrected chi connectivity index (χ1v) is 8.63. The molecule has 2 amide bonds. The van der Waals surface area contributed by atoms with E-state index in [1.54, 1.807) is 12.1 Å². The Balaban J connectivity index is 1.59. The molecule has 4 rings (SSSR count). The summed E-state index contributed by atoms with van der Waals surface area (Å²) in [6.45, 7) is 0. The lowest BCUT2D eigenvalue weighted by atomic mass is 9.93. The summed E-state index contributed by atoms with van der Waals surface area (Å²) in [6, 6.07) is 14.8. The van der Waals surface area contributed by atoms with Gasteiger partial charge in [-0.3, -0.25) is 4.79 Å². The molecule has 142 valence electrons. The Morgan fingerprint density at radius 3 is 2.07 bits per heavy atom. The molecular formula is C20H17FN4O3. The van der Waals surface area contributed by atoms with E-state index < -0.39 is 17.3 Å². The predicted molar refractivity (Wildman–Crippen MR) is 99.3 cm³/mol. The summed E-state index contributed by atoms with van der Waals surface area (Å²) in [5.74, 6) is -1.45. The number of aromatic nitrogens is 2. The van der Waals surface area contributed by atoms with Crippen molar-refractivity contribution in [3.63, 3.8) is 0 Å². The van der Waals surface area contributed by atoms with E-state index in [2.05, 4.69) is 9.84 Å². The normalized spacial score (nSPS) is 14.5. The fraction of sp³-hybridized carbons (Fsp3) is 0.150. The molecule has 1 aliphatic carbocycles. The van der Waals surface area contributed by atoms with Gasteiger partial charge in [-0.1, -0.05) is 36.4 Å². The van der Waals surface area contributed by atoms with E-state index in [9.17, 15) is 14.0 Å². The van der Waals surface area contributed by atoms with Crippen LogP contribution < -0.4 is 16.2 Å². The second-order valence-electron chi connectivity index (χ2n) is 6.70. The number of benzene rings is 2. The van der Waals surface area contributed by atoms with Crippen molar-refractivity contribution in [1.82, 2.24) is 9.78 Å². The molecule has 0 aliphatic heterocycles. The maximum absolute atomic E-state index is 13.7. The van der Waals surface area contributed by atoms with Crippen LogP contribution in [0.3, 0.4) is 0 Å². The molecule has 8 heteroatoms. The number of primary amides is 2.